The monoisotopic (exact) mass is 396 g/mol. The van der Waals surface area contributed by atoms with Crippen molar-refractivity contribution < 1.29 is 14.3 Å². The van der Waals surface area contributed by atoms with Gasteiger partial charge in [0.25, 0.3) is 11.8 Å². The topological polar surface area (TPSA) is 73.9 Å². The standard InChI is InChI=1S/C22H28N4O3/c1-25(2)20-9-8-18(24-21(27)17-6-4-3-5-7-17)16-19(20)22(28)23-10-11-26-12-14-29-15-13-26/h3-9,16H,10-15H2,1-2H3,(H,23,28)(H,24,27). The third-order valence-corrected chi connectivity index (χ3v) is 4.83. The van der Waals surface area contributed by atoms with Gasteiger partial charge in [0.05, 0.1) is 18.8 Å². The SMILES string of the molecule is CN(C)c1ccc(NC(=O)c2ccccc2)cc1C(=O)NCCN1CCOCC1. The third-order valence-electron chi connectivity index (χ3n) is 4.83. The van der Waals surface area contributed by atoms with Crippen LogP contribution in [0.25, 0.3) is 0 Å². The second kappa shape index (κ2) is 10.0. The molecule has 2 N–H and O–H groups in total. The maximum atomic E-state index is 12.8. The van der Waals surface area contributed by atoms with Crippen LogP contribution in [-0.2, 0) is 4.74 Å². The molecule has 1 fully saturated rings. The molecule has 29 heavy (non-hydrogen) atoms. The fourth-order valence-electron chi connectivity index (χ4n) is 3.23. The van der Waals surface area contributed by atoms with E-state index in [1.807, 2.05) is 43.3 Å². The Hall–Kier alpha value is -2.90. The van der Waals surface area contributed by atoms with Gasteiger partial charge in [-0.15, -0.1) is 0 Å². The summed E-state index contributed by atoms with van der Waals surface area (Å²) in [5, 5.41) is 5.86. The summed E-state index contributed by atoms with van der Waals surface area (Å²) in [5.41, 5.74) is 2.48. The molecule has 1 aliphatic rings. The van der Waals surface area contributed by atoms with Gasteiger partial charge in [0.1, 0.15) is 0 Å². The molecule has 7 heteroatoms. The van der Waals surface area contributed by atoms with Crippen molar-refractivity contribution in [2.24, 2.45) is 0 Å². The second-order valence-electron chi connectivity index (χ2n) is 7.16. The number of anilines is 2. The van der Waals surface area contributed by atoms with E-state index in [-0.39, 0.29) is 11.8 Å². The van der Waals surface area contributed by atoms with Crippen LogP contribution >= 0.6 is 0 Å². The Morgan fingerprint density at radius 1 is 1.03 bits per heavy atom. The zero-order valence-corrected chi connectivity index (χ0v) is 17.0. The summed E-state index contributed by atoms with van der Waals surface area (Å²) in [5.74, 6) is -0.361. The van der Waals surface area contributed by atoms with Gasteiger partial charge in [-0.2, -0.15) is 0 Å². The summed E-state index contributed by atoms with van der Waals surface area (Å²) in [4.78, 5) is 29.4. The molecule has 1 aliphatic heterocycles. The molecule has 0 aromatic heterocycles. The van der Waals surface area contributed by atoms with Crippen molar-refractivity contribution >= 4 is 23.2 Å². The van der Waals surface area contributed by atoms with E-state index in [9.17, 15) is 9.59 Å². The molecule has 0 bridgehead atoms. The predicted octanol–water partition coefficient (Wildman–Crippen LogP) is 2.07. The first-order chi connectivity index (χ1) is 14.0. The Morgan fingerprint density at radius 3 is 2.45 bits per heavy atom. The first-order valence-corrected chi connectivity index (χ1v) is 9.80. The summed E-state index contributed by atoms with van der Waals surface area (Å²) in [6.45, 7) is 4.60. The lowest BCUT2D eigenvalue weighted by molar-refractivity contribution is 0.0383. The molecule has 1 saturated heterocycles. The summed E-state index contributed by atoms with van der Waals surface area (Å²) in [6.07, 6.45) is 0. The van der Waals surface area contributed by atoms with Gasteiger partial charge in [-0.05, 0) is 30.3 Å². The molecule has 1 heterocycles. The minimum absolute atomic E-state index is 0.155. The van der Waals surface area contributed by atoms with Crippen molar-refractivity contribution in [1.82, 2.24) is 10.2 Å². The number of carbonyl (C=O) groups excluding carboxylic acids is 2. The largest absolute Gasteiger partial charge is 0.379 e. The summed E-state index contributed by atoms with van der Waals surface area (Å²) in [7, 11) is 3.78. The number of hydrogen-bond donors (Lipinski definition) is 2. The number of nitrogens with one attached hydrogen (secondary N) is 2. The molecule has 3 rings (SSSR count). The van der Waals surface area contributed by atoms with Crippen LogP contribution in [0.15, 0.2) is 48.5 Å². The fraction of sp³-hybridized carbons (Fsp3) is 0.364. The third kappa shape index (κ3) is 5.79. The molecule has 0 spiro atoms. The molecular weight excluding hydrogens is 368 g/mol. The first-order valence-electron chi connectivity index (χ1n) is 9.80. The van der Waals surface area contributed by atoms with Crippen molar-refractivity contribution in [3.8, 4) is 0 Å². The Balaban J connectivity index is 1.67. The van der Waals surface area contributed by atoms with E-state index in [0.717, 1.165) is 38.5 Å². The van der Waals surface area contributed by atoms with Gasteiger partial charge >= 0.3 is 0 Å². The maximum absolute atomic E-state index is 12.8. The molecule has 154 valence electrons. The smallest absolute Gasteiger partial charge is 0.255 e. The second-order valence-corrected chi connectivity index (χ2v) is 7.16. The molecule has 0 unspecified atom stereocenters. The number of rotatable bonds is 7. The van der Waals surface area contributed by atoms with Gasteiger partial charge in [-0.3, -0.25) is 14.5 Å². The van der Waals surface area contributed by atoms with Crippen molar-refractivity contribution in [1.29, 1.82) is 0 Å². The highest BCUT2D eigenvalue weighted by molar-refractivity contribution is 6.06. The summed E-state index contributed by atoms with van der Waals surface area (Å²) < 4.78 is 5.35. The minimum atomic E-state index is -0.207. The maximum Gasteiger partial charge on any atom is 0.255 e. The van der Waals surface area contributed by atoms with Gasteiger partial charge in [0.15, 0.2) is 0 Å². The van der Waals surface area contributed by atoms with Crippen LogP contribution < -0.4 is 15.5 Å². The lowest BCUT2D eigenvalue weighted by atomic mass is 10.1. The molecule has 0 saturated carbocycles. The number of nitrogens with zero attached hydrogens (tertiary/aromatic N) is 2. The molecule has 0 atom stereocenters. The van der Waals surface area contributed by atoms with Crippen LogP contribution in [0.5, 0.6) is 0 Å². The summed E-state index contributed by atoms with van der Waals surface area (Å²) >= 11 is 0. The van der Waals surface area contributed by atoms with E-state index in [1.54, 1.807) is 24.3 Å². The highest BCUT2D eigenvalue weighted by Gasteiger charge is 2.16. The van der Waals surface area contributed by atoms with Gasteiger partial charge < -0.3 is 20.3 Å². The number of carbonyl (C=O) groups is 2. The van der Waals surface area contributed by atoms with E-state index < -0.39 is 0 Å². The van der Waals surface area contributed by atoms with Crippen LogP contribution in [0.3, 0.4) is 0 Å². The van der Waals surface area contributed by atoms with E-state index >= 15 is 0 Å². The predicted molar refractivity (Wildman–Crippen MR) is 115 cm³/mol. The van der Waals surface area contributed by atoms with E-state index in [0.29, 0.717) is 23.4 Å². The lowest BCUT2D eigenvalue weighted by Crippen LogP contribution is -2.41. The quantitative estimate of drug-likeness (QED) is 0.750. The van der Waals surface area contributed by atoms with E-state index in [1.165, 1.54) is 0 Å². The zero-order valence-electron chi connectivity index (χ0n) is 17.0. The average Bonchev–Trinajstić information content (AvgIpc) is 2.75. The summed E-state index contributed by atoms with van der Waals surface area (Å²) in [6, 6.07) is 14.4. The molecule has 2 amide bonds. The highest BCUT2D eigenvalue weighted by atomic mass is 16.5. The Bertz CT molecular complexity index is 833. The van der Waals surface area contributed by atoms with Gasteiger partial charge in [-0.1, -0.05) is 18.2 Å². The highest BCUT2D eigenvalue weighted by Crippen LogP contribution is 2.23. The fourth-order valence-corrected chi connectivity index (χ4v) is 3.23. The molecule has 0 aliphatic carbocycles. The first kappa shape index (κ1) is 20.8. The van der Waals surface area contributed by atoms with E-state index in [2.05, 4.69) is 15.5 Å². The zero-order chi connectivity index (χ0) is 20.6. The lowest BCUT2D eigenvalue weighted by Gasteiger charge is -2.26. The van der Waals surface area contributed by atoms with Gasteiger partial charge in [0, 0.05) is 57.2 Å². The van der Waals surface area contributed by atoms with Crippen molar-refractivity contribution in [3.63, 3.8) is 0 Å². The van der Waals surface area contributed by atoms with Crippen LogP contribution in [0.1, 0.15) is 20.7 Å². The van der Waals surface area contributed by atoms with Gasteiger partial charge in [0.2, 0.25) is 0 Å². The molecule has 7 nitrogen and oxygen atoms in total. The van der Waals surface area contributed by atoms with Crippen molar-refractivity contribution in [3.05, 3.63) is 59.7 Å². The molecule has 2 aromatic carbocycles. The van der Waals surface area contributed by atoms with Gasteiger partial charge in [-0.25, -0.2) is 0 Å². The number of benzene rings is 2. The number of morpholine rings is 1. The van der Waals surface area contributed by atoms with Crippen LogP contribution in [0.2, 0.25) is 0 Å². The van der Waals surface area contributed by atoms with Crippen LogP contribution in [0.4, 0.5) is 11.4 Å². The molecular formula is C22H28N4O3. The Kier molecular flexibility index (Phi) is 7.21. The molecule has 0 radical (unpaired) electrons. The number of ether oxygens (including phenoxy) is 1. The average molecular weight is 396 g/mol. The Morgan fingerprint density at radius 2 is 1.76 bits per heavy atom. The van der Waals surface area contributed by atoms with Crippen molar-refractivity contribution in [2.45, 2.75) is 0 Å². The molecule has 2 aromatic rings. The van der Waals surface area contributed by atoms with Crippen molar-refractivity contribution in [2.75, 3.05) is 63.7 Å². The number of amides is 2. The van der Waals surface area contributed by atoms with Crippen LogP contribution in [-0.4, -0.2) is 70.2 Å². The Labute approximate surface area is 171 Å². The minimum Gasteiger partial charge on any atom is -0.379 e. The van der Waals surface area contributed by atoms with E-state index in [4.69, 9.17) is 4.74 Å². The number of hydrogen-bond acceptors (Lipinski definition) is 5. The van der Waals surface area contributed by atoms with Crippen LogP contribution in [0, 0.1) is 0 Å². The normalized spacial score (nSPS) is 14.3.